The van der Waals surface area contributed by atoms with Gasteiger partial charge in [0.2, 0.25) is 0 Å². The van der Waals surface area contributed by atoms with Crippen LogP contribution >= 0.6 is 11.3 Å². The van der Waals surface area contributed by atoms with Gasteiger partial charge in [-0.1, -0.05) is 5.16 Å². The molecule has 0 atom stereocenters. The predicted octanol–water partition coefficient (Wildman–Crippen LogP) is 2.21. The molecule has 0 bridgehead atoms. The van der Waals surface area contributed by atoms with Gasteiger partial charge in [-0.05, 0) is 13.0 Å². The van der Waals surface area contributed by atoms with Crippen LogP contribution in [-0.4, -0.2) is 5.16 Å². The van der Waals surface area contributed by atoms with E-state index in [4.69, 9.17) is 9.78 Å². The van der Waals surface area contributed by atoms with Crippen LogP contribution in [0.2, 0.25) is 0 Å². The van der Waals surface area contributed by atoms with Crippen molar-refractivity contribution < 1.29 is 4.52 Å². The lowest BCUT2D eigenvalue weighted by Gasteiger charge is -1.98. The van der Waals surface area contributed by atoms with Gasteiger partial charge in [-0.25, -0.2) is 0 Å². The molecule has 0 aromatic carbocycles. The minimum Gasteiger partial charge on any atom is -0.361 e. The molecule has 16 heavy (non-hydrogen) atoms. The molecule has 82 valence electrons. The summed E-state index contributed by atoms with van der Waals surface area (Å²) in [5, 5.41) is 17.7. The van der Waals surface area contributed by atoms with Crippen LogP contribution in [0.15, 0.2) is 22.0 Å². The molecule has 0 aliphatic heterocycles. The maximum atomic E-state index is 8.67. The fraction of sp³-hybridized carbons (Fsp3) is 0.273. The number of aromatic nitrogens is 1. The zero-order valence-corrected chi connectivity index (χ0v) is 9.67. The number of hydrogen-bond donors (Lipinski definition) is 1. The highest BCUT2D eigenvalue weighted by atomic mass is 32.1. The molecule has 2 aromatic heterocycles. The Labute approximate surface area is 97.5 Å². The van der Waals surface area contributed by atoms with E-state index >= 15 is 0 Å². The Balaban J connectivity index is 1.82. The summed E-state index contributed by atoms with van der Waals surface area (Å²) in [6, 6.07) is 5.91. The molecule has 1 N–H and O–H groups in total. The van der Waals surface area contributed by atoms with E-state index in [9.17, 15) is 0 Å². The van der Waals surface area contributed by atoms with E-state index in [0.29, 0.717) is 6.54 Å². The van der Waals surface area contributed by atoms with Crippen molar-refractivity contribution in [3.63, 3.8) is 0 Å². The summed E-state index contributed by atoms with van der Waals surface area (Å²) < 4.78 is 4.96. The molecule has 2 aromatic rings. The Kier molecular flexibility index (Phi) is 3.34. The van der Waals surface area contributed by atoms with Crippen molar-refractivity contribution >= 4 is 11.3 Å². The molecule has 0 unspecified atom stereocenters. The van der Waals surface area contributed by atoms with Crippen LogP contribution in [0.5, 0.6) is 0 Å². The maximum Gasteiger partial charge on any atom is 0.133 e. The lowest BCUT2D eigenvalue weighted by atomic mass is 10.3. The van der Waals surface area contributed by atoms with E-state index in [1.807, 2.05) is 24.4 Å². The highest BCUT2D eigenvalue weighted by Gasteiger charge is 2.01. The van der Waals surface area contributed by atoms with Crippen LogP contribution in [0, 0.1) is 18.3 Å². The first-order chi connectivity index (χ1) is 7.78. The summed E-state index contributed by atoms with van der Waals surface area (Å²) in [5.41, 5.74) is 1.62. The Morgan fingerprint density at radius 3 is 3.00 bits per heavy atom. The topological polar surface area (TPSA) is 61.9 Å². The lowest BCUT2D eigenvalue weighted by Crippen LogP contribution is -2.11. The zero-order valence-electron chi connectivity index (χ0n) is 8.86. The molecular formula is C11H11N3OS. The van der Waals surface area contributed by atoms with Crippen molar-refractivity contribution in [2.45, 2.75) is 20.0 Å². The summed E-state index contributed by atoms with van der Waals surface area (Å²) in [6.07, 6.45) is 0. The molecule has 0 fully saturated rings. The summed E-state index contributed by atoms with van der Waals surface area (Å²) in [4.78, 5) is 1.15. The van der Waals surface area contributed by atoms with Gasteiger partial charge in [0.05, 0.1) is 11.3 Å². The molecule has 0 saturated carbocycles. The average Bonchev–Trinajstić information content (AvgIpc) is 2.88. The second-order valence-electron chi connectivity index (χ2n) is 3.45. The minimum atomic E-state index is 0.678. The first kappa shape index (κ1) is 10.9. The standard InChI is InChI=1S/C11H11N3OS/c1-8-2-10(14-15-8)5-13-6-11-3-9(4-12)7-16-11/h2-3,7,13H,5-6H2,1H3. The van der Waals surface area contributed by atoms with Crippen molar-refractivity contribution in [3.05, 3.63) is 39.4 Å². The van der Waals surface area contributed by atoms with Crippen molar-refractivity contribution in [3.8, 4) is 6.07 Å². The van der Waals surface area contributed by atoms with Gasteiger partial charge in [-0.15, -0.1) is 11.3 Å². The quantitative estimate of drug-likeness (QED) is 0.879. The molecule has 2 heterocycles. The number of nitrogens with one attached hydrogen (secondary N) is 1. The zero-order chi connectivity index (χ0) is 11.4. The second-order valence-corrected chi connectivity index (χ2v) is 4.44. The molecule has 0 amide bonds. The first-order valence-electron chi connectivity index (χ1n) is 4.88. The third kappa shape index (κ3) is 2.69. The summed E-state index contributed by atoms with van der Waals surface area (Å²) in [6.45, 7) is 3.30. The molecule has 2 rings (SSSR count). The molecule has 4 nitrogen and oxygen atoms in total. The van der Waals surface area contributed by atoms with Gasteiger partial charge >= 0.3 is 0 Å². The molecule has 0 radical (unpaired) electrons. The number of nitriles is 1. The van der Waals surface area contributed by atoms with Crippen molar-refractivity contribution in [1.82, 2.24) is 10.5 Å². The van der Waals surface area contributed by atoms with Gasteiger partial charge in [-0.3, -0.25) is 0 Å². The van der Waals surface area contributed by atoms with Crippen molar-refractivity contribution in [1.29, 1.82) is 5.26 Å². The monoisotopic (exact) mass is 233 g/mol. The van der Waals surface area contributed by atoms with E-state index in [-0.39, 0.29) is 0 Å². The van der Waals surface area contributed by atoms with Crippen LogP contribution < -0.4 is 5.32 Å². The normalized spacial score (nSPS) is 10.2. The highest BCUT2D eigenvalue weighted by Crippen LogP contribution is 2.13. The van der Waals surface area contributed by atoms with Crippen LogP contribution in [-0.2, 0) is 13.1 Å². The number of aryl methyl sites for hydroxylation is 1. The Bertz CT molecular complexity index is 509. The fourth-order valence-electron chi connectivity index (χ4n) is 1.35. The molecule has 0 aliphatic rings. The number of rotatable bonds is 4. The fourth-order valence-corrected chi connectivity index (χ4v) is 2.13. The van der Waals surface area contributed by atoms with Gasteiger partial charge in [-0.2, -0.15) is 5.26 Å². The van der Waals surface area contributed by atoms with Gasteiger partial charge in [0.15, 0.2) is 0 Å². The van der Waals surface area contributed by atoms with Crippen LogP contribution in [0.25, 0.3) is 0 Å². The van der Waals surface area contributed by atoms with Gasteiger partial charge in [0.1, 0.15) is 11.8 Å². The van der Waals surface area contributed by atoms with E-state index in [2.05, 4.69) is 16.5 Å². The summed E-state index contributed by atoms with van der Waals surface area (Å²) >= 11 is 1.59. The number of nitrogens with zero attached hydrogens (tertiary/aromatic N) is 2. The Morgan fingerprint density at radius 1 is 1.50 bits per heavy atom. The van der Waals surface area contributed by atoms with E-state index in [1.165, 1.54) is 0 Å². The van der Waals surface area contributed by atoms with Gasteiger partial charge in [0.25, 0.3) is 0 Å². The summed E-state index contributed by atoms with van der Waals surface area (Å²) in [5.74, 6) is 0.819. The largest absolute Gasteiger partial charge is 0.361 e. The van der Waals surface area contributed by atoms with E-state index in [1.54, 1.807) is 11.3 Å². The Morgan fingerprint density at radius 2 is 2.38 bits per heavy atom. The maximum absolute atomic E-state index is 8.67. The smallest absolute Gasteiger partial charge is 0.133 e. The molecule has 5 heteroatoms. The third-order valence-corrected chi connectivity index (χ3v) is 3.00. The first-order valence-corrected chi connectivity index (χ1v) is 5.76. The SMILES string of the molecule is Cc1cc(CNCc2cc(C#N)cs2)no1. The van der Waals surface area contributed by atoms with Crippen LogP contribution in [0.4, 0.5) is 0 Å². The van der Waals surface area contributed by atoms with Crippen molar-refractivity contribution in [2.24, 2.45) is 0 Å². The minimum absolute atomic E-state index is 0.678. The lowest BCUT2D eigenvalue weighted by molar-refractivity contribution is 0.388. The van der Waals surface area contributed by atoms with Gasteiger partial charge in [0, 0.05) is 29.4 Å². The summed E-state index contributed by atoms with van der Waals surface area (Å²) in [7, 11) is 0. The predicted molar refractivity (Wildman–Crippen MR) is 60.8 cm³/mol. The molecule has 0 spiro atoms. The molecule has 0 saturated heterocycles. The number of thiophene rings is 1. The van der Waals surface area contributed by atoms with Gasteiger partial charge < -0.3 is 9.84 Å². The molecule has 0 aliphatic carbocycles. The van der Waals surface area contributed by atoms with Crippen molar-refractivity contribution in [2.75, 3.05) is 0 Å². The second kappa shape index (κ2) is 4.92. The number of hydrogen-bond acceptors (Lipinski definition) is 5. The van der Waals surface area contributed by atoms with Crippen LogP contribution in [0.1, 0.15) is 21.9 Å². The third-order valence-electron chi connectivity index (χ3n) is 2.06. The van der Waals surface area contributed by atoms with E-state index < -0.39 is 0 Å². The van der Waals surface area contributed by atoms with Crippen LogP contribution in [0.3, 0.4) is 0 Å². The Hall–Kier alpha value is -1.64. The van der Waals surface area contributed by atoms with E-state index in [0.717, 1.165) is 28.4 Å². The molecular weight excluding hydrogens is 222 g/mol. The average molecular weight is 233 g/mol. The highest BCUT2D eigenvalue weighted by molar-refractivity contribution is 7.10.